The lowest BCUT2D eigenvalue weighted by atomic mass is 9.95. The van der Waals surface area contributed by atoms with Gasteiger partial charge in [-0.3, -0.25) is 9.59 Å². The average Bonchev–Trinajstić information content (AvgIpc) is 3.20. The normalized spacial score (nSPS) is 16.6. The zero-order chi connectivity index (χ0) is 28.1. The number of ketones is 1. The number of methoxy groups -OCH3 is 2. The van der Waals surface area contributed by atoms with Gasteiger partial charge in [0.15, 0.2) is 11.5 Å². The van der Waals surface area contributed by atoms with E-state index in [1.54, 1.807) is 42.5 Å². The maximum Gasteiger partial charge on any atom is 0.295 e. The van der Waals surface area contributed by atoms with E-state index < -0.39 is 17.7 Å². The Morgan fingerprint density at radius 2 is 1.69 bits per heavy atom. The molecule has 204 valence electrons. The first-order valence-corrected chi connectivity index (χ1v) is 12.7. The summed E-state index contributed by atoms with van der Waals surface area (Å²) in [5.41, 5.74) is 3.21. The number of rotatable bonds is 10. The fourth-order valence-electron chi connectivity index (χ4n) is 4.51. The number of benzene rings is 3. The van der Waals surface area contributed by atoms with Crippen molar-refractivity contribution < 1.29 is 28.9 Å². The average molecular weight is 531 g/mol. The van der Waals surface area contributed by atoms with E-state index in [-0.39, 0.29) is 11.3 Å². The van der Waals surface area contributed by atoms with Gasteiger partial charge in [0.05, 0.1) is 25.8 Å². The Hall–Kier alpha value is -4.30. The summed E-state index contributed by atoms with van der Waals surface area (Å²) in [6.07, 6.45) is 0. The molecule has 1 aliphatic rings. The van der Waals surface area contributed by atoms with E-state index in [1.807, 2.05) is 50.2 Å². The van der Waals surface area contributed by atoms with Crippen LogP contribution in [0.3, 0.4) is 0 Å². The molecule has 0 aliphatic carbocycles. The molecule has 1 fully saturated rings. The van der Waals surface area contributed by atoms with Crippen LogP contribution < -0.4 is 14.2 Å². The number of hydrogen-bond acceptors (Lipinski definition) is 7. The molecular formula is C31H34N2O6. The van der Waals surface area contributed by atoms with E-state index >= 15 is 0 Å². The Balaban J connectivity index is 1.75. The number of nitrogens with zero attached hydrogens (tertiary/aromatic N) is 2. The zero-order valence-electron chi connectivity index (χ0n) is 22.9. The Bertz CT molecular complexity index is 1380. The first kappa shape index (κ1) is 27.7. The van der Waals surface area contributed by atoms with Crippen LogP contribution >= 0.6 is 0 Å². The SMILES string of the molecule is COc1cccc(C(O)=C2C(=O)C(=O)N(CCN(C)C)[C@H]2c2ccc(OCc3ccc(C)cc3)c(OC)c2)c1. The molecule has 1 saturated heterocycles. The van der Waals surface area contributed by atoms with E-state index in [9.17, 15) is 14.7 Å². The number of aliphatic hydroxyl groups excluding tert-OH is 1. The summed E-state index contributed by atoms with van der Waals surface area (Å²) in [5, 5.41) is 11.3. The predicted octanol–water partition coefficient (Wildman–Crippen LogP) is 4.57. The fraction of sp³-hybridized carbons (Fsp3) is 0.290. The molecule has 8 nitrogen and oxygen atoms in total. The smallest absolute Gasteiger partial charge is 0.295 e. The number of likely N-dealkylation sites (N-methyl/N-ethyl adjacent to an activating group) is 1. The minimum atomic E-state index is -0.809. The third-order valence-electron chi connectivity index (χ3n) is 6.69. The Morgan fingerprint density at radius 1 is 0.949 bits per heavy atom. The van der Waals surface area contributed by atoms with Gasteiger partial charge in [-0.05, 0) is 56.4 Å². The van der Waals surface area contributed by atoms with Gasteiger partial charge < -0.3 is 29.1 Å². The minimum absolute atomic E-state index is 0.0161. The van der Waals surface area contributed by atoms with E-state index in [1.165, 1.54) is 24.7 Å². The van der Waals surface area contributed by atoms with Gasteiger partial charge in [-0.15, -0.1) is 0 Å². The van der Waals surface area contributed by atoms with Crippen molar-refractivity contribution in [2.24, 2.45) is 0 Å². The summed E-state index contributed by atoms with van der Waals surface area (Å²) >= 11 is 0. The van der Waals surface area contributed by atoms with Crippen LogP contribution in [-0.4, -0.2) is 68.0 Å². The summed E-state index contributed by atoms with van der Waals surface area (Å²) in [6.45, 7) is 3.22. The van der Waals surface area contributed by atoms with Crippen LogP contribution in [0.4, 0.5) is 0 Å². The van der Waals surface area contributed by atoms with Gasteiger partial charge in [-0.1, -0.05) is 48.0 Å². The third-order valence-corrected chi connectivity index (χ3v) is 6.69. The molecule has 0 bridgehead atoms. The number of hydrogen-bond donors (Lipinski definition) is 1. The maximum atomic E-state index is 13.3. The van der Waals surface area contributed by atoms with Crippen LogP contribution in [0.2, 0.25) is 0 Å². The van der Waals surface area contributed by atoms with Crippen LogP contribution in [0.5, 0.6) is 17.2 Å². The second kappa shape index (κ2) is 12.0. The summed E-state index contributed by atoms with van der Waals surface area (Å²) < 4.78 is 17.0. The molecule has 4 rings (SSSR count). The molecule has 0 spiro atoms. The number of ether oxygens (including phenoxy) is 3. The van der Waals surface area contributed by atoms with Crippen LogP contribution in [0, 0.1) is 6.92 Å². The highest BCUT2D eigenvalue weighted by Crippen LogP contribution is 2.42. The fourth-order valence-corrected chi connectivity index (χ4v) is 4.51. The lowest BCUT2D eigenvalue weighted by molar-refractivity contribution is -0.140. The third kappa shape index (κ3) is 6.07. The van der Waals surface area contributed by atoms with Crippen molar-refractivity contribution in [1.29, 1.82) is 0 Å². The van der Waals surface area contributed by atoms with E-state index in [2.05, 4.69) is 0 Å². The lowest BCUT2D eigenvalue weighted by Gasteiger charge is -2.27. The number of amides is 1. The molecule has 1 atom stereocenters. The van der Waals surface area contributed by atoms with Crippen molar-refractivity contribution in [2.75, 3.05) is 41.4 Å². The highest BCUT2D eigenvalue weighted by atomic mass is 16.5. The first-order chi connectivity index (χ1) is 18.7. The van der Waals surface area contributed by atoms with Crippen molar-refractivity contribution in [3.63, 3.8) is 0 Å². The van der Waals surface area contributed by atoms with Gasteiger partial charge >= 0.3 is 0 Å². The number of carbonyl (C=O) groups is 2. The first-order valence-electron chi connectivity index (χ1n) is 12.7. The van der Waals surface area contributed by atoms with Gasteiger partial charge in [0.2, 0.25) is 0 Å². The van der Waals surface area contributed by atoms with E-state index in [0.717, 1.165) is 5.56 Å². The maximum absolute atomic E-state index is 13.3. The molecule has 39 heavy (non-hydrogen) atoms. The molecule has 1 amide bonds. The van der Waals surface area contributed by atoms with Gasteiger partial charge in [-0.25, -0.2) is 0 Å². The molecule has 1 N–H and O–H groups in total. The van der Waals surface area contributed by atoms with Crippen LogP contribution in [-0.2, 0) is 16.2 Å². The number of carbonyl (C=O) groups excluding carboxylic acids is 2. The molecule has 3 aromatic rings. The lowest BCUT2D eigenvalue weighted by Crippen LogP contribution is -2.35. The van der Waals surface area contributed by atoms with Gasteiger partial charge in [0.25, 0.3) is 11.7 Å². The second-order valence-electron chi connectivity index (χ2n) is 9.71. The topological polar surface area (TPSA) is 88.5 Å². The number of aliphatic hydroxyl groups is 1. The largest absolute Gasteiger partial charge is 0.507 e. The highest BCUT2D eigenvalue weighted by molar-refractivity contribution is 6.46. The quantitative estimate of drug-likeness (QED) is 0.233. The van der Waals surface area contributed by atoms with E-state index in [4.69, 9.17) is 14.2 Å². The Kier molecular flexibility index (Phi) is 8.56. The Morgan fingerprint density at radius 3 is 2.36 bits per heavy atom. The Labute approximate surface area is 229 Å². The highest BCUT2D eigenvalue weighted by Gasteiger charge is 2.46. The number of likely N-dealkylation sites (tertiary alicyclic amines) is 1. The van der Waals surface area contributed by atoms with Gasteiger partial charge in [0.1, 0.15) is 18.1 Å². The van der Waals surface area contributed by atoms with Gasteiger partial charge in [-0.2, -0.15) is 0 Å². The van der Waals surface area contributed by atoms with E-state index in [0.29, 0.717) is 48.1 Å². The number of aryl methyl sites for hydroxylation is 1. The standard InChI is InChI=1S/C31H34N2O6/c1-20-9-11-21(12-10-20)19-39-25-14-13-22(18-26(25)38-5)28-27(29(34)23-7-6-8-24(17-23)37-4)30(35)31(36)33(28)16-15-32(2)3/h6-14,17-18,28,34H,15-16,19H2,1-5H3/t28-/m0/s1. The van der Waals surface area contributed by atoms with Crippen molar-refractivity contribution in [2.45, 2.75) is 19.6 Å². The van der Waals surface area contributed by atoms with Crippen molar-refractivity contribution in [3.8, 4) is 17.2 Å². The monoisotopic (exact) mass is 530 g/mol. The summed E-state index contributed by atoms with van der Waals surface area (Å²) in [5.74, 6) is -0.154. The molecular weight excluding hydrogens is 496 g/mol. The van der Waals surface area contributed by atoms with Crippen LogP contribution in [0.25, 0.3) is 5.76 Å². The summed E-state index contributed by atoms with van der Waals surface area (Å²) in [7, 11) is 6.85. The van der Waals surface area contributed by atoms with Crippen molar-refractivity contribution in [3.05, 3.63) is 94.6 Å². The van der Waals surface area contributed by atoms with Crippen molar-refractivity contribution >= 4 is 17.4 Å². The van der Waals surface area contributed by atoms with Gasteiger partial charge in [0, 0.05) is 18.7 Å². The molecule has 0 radical (unpaired) electrons. The second-order valence-corrected chi connectivity index (χ2v) is 9.71. The summed E-state index contributed by atoms with van der Waals surface area (Å²) in [6, 6.07) is 19.3. The van der Waals surface area contributed by atoms with Crippen LogP contribution in [0.15, 0.2) is 72.3 Å². The molecule has 0 unspecified atom stereocenters. The molecule has 0 aromatic heterocycles. The van der Waals surface area contributed by atoms with Crippen LogP contribution in [0.1, 0.15) is 28.3 Å². The molecule has 8 heteroatoms. The molecule has 0 saturated carbocycles. The predicted molar refractivity (Wildman–Crippen MR) is 149 cm³/mol. The minimum Gasteiger partial charge on any atom is -0.507 e. The number of Topliss-reactive ketones (excluding diaryl/α,β-unsaturated/α-hetero) is 1. The zero-order valence-corrected chi connectivity index (χ0v) is 22.9. The molecule has 1 heterocycles. The summed E-state index contributed by atoms with van der Waals surface area (Å²) in [4.78, 5) is 29.9. The molecule has 1 aliphatic heterocycles. The van der Waals surface area contributed by atoms with Crippen molar-refractivity contribution in [1.82, 2.24) is 9.80 Å². The molecule has 3 aromatic carbocycles.